The van der Waals surface area contributed by atoms with Crippen LogP contribution in [0.5, 0.6) is 0 Å². The molecule has 0 aromatic rings. The molecule has 0 aliphatic carbocycles. The van der Waals surface area contributed by atoms with E-state index in [0.717, 1.165) is 0 Å². The second-order valence-electron chi connectivity index (χ2n) is 1.08. The van der Waals surface area contributed by atoms with E-state index in [1.54, 1.807) is 0 Å². The molecule has 0 bridgehead atoms. The highest BCUT2D eigenvalue weighted by molar-refractivity contribution is 9.09. The second-order valence-corrected chi connectivity index (χ2v) is 3.14. The molecule has 0 amide bonds. The Morgan fingerprint density at radius 1 is 1.45 bits per heavy atom. The van der Waals surface area contributed by atoms with Gasteiger partial charge < -0.3 is 5.73 Å². The summed E-state index contributed by atoms with van der Waals surface area (Å²) in [4.78, 5) is 0. The highest BCUT2D eigenvalue weighted by Gasteiger charge is 2.44. The van der Waals surface area contributed by atoms with Crippen molar-refractivity contribution in [2.75, 3.05) is 5.45 Å². The van der Waals surface area contributed by atoms with Crippen molar-refractivity contribution in [2.24, 2.45) is 5.73 Å². The van der Waals surface area contributed by atoms with Crippen LogP contribution in [-0.2, 0) is 10.1 Å². The molecule has 0 aromatic carbocycles. The molecule has 0 heterocycles. The first-order valence-electron chi connectivity index (χ1n) is 1.96. The topological polar surface area (TPSA) is 80.4 Å². The quantitative estimate of drug-likeness (QED) is 0.290. The third kappa shape index (κ3) is 8.04. The third-order valence-corrected chi connectivity index (χ3v) is 0.877. The van der Waals surface area contributed by atoms with E-state index >= 15 is 0 Å². The molecule has 11 heavy (non-hydrogen) atoms. The Morgan fingerprint density at radius 2 is 1.55 bits per heavy atom. The van der Waals surface area contributed by atoms with Gasteiger partial charge in [0, 0.05) is 5.45 Å². The molecule has 0 rings (SSSR count). The molecule has 0 saturated carbocycles. The van der Waals surface area contributed by atoms with E-state index in [2.05, 4.69) is 15.9 Å². The highest BCUT2D eigenvalue weighted by Crippen LogP contribution is 2.20. The van der Waals surface area contributed by atoms with E-state index < -0.39 is 15.6 Å². The summed E-state index contributed by atoms with van der Waals surface area (Å²) in [5.74, 6) is 0. The van der Waals surface area contributed by atoms with Gasteiger partial charge in [-0.05, 0) is 0 Å². The van der Waals surface area contributed by atoms with Crippen LogP contribution < -0.4 is 5.73 Å². The predicted octanol–water partition coefficient (Wildman–Crippen LogP) is 0.692. The lowest BCUT2D eigenvalue weighted by Gasteiger charge is -1.97. The van der Waals surface area contributed by atoms with Crippen LogP contribution in [0, 0.1) is 0 Å². The van der Waals surface area contributed by atoms with Gasteiger partial charge in [0.1, 0.15) is 0 Å². The molecule has 0 spiro atoms. The Morgan fingerprint density at radius 3 is 1.55 bits per heavy atom. The van der Waals surface area contributed by atoms with Crippen LogP contribution in [0.1, 0.15) is 0 Å². The Kier molecular flexibility index (Phi) is 6.12. The van der Waals surface area contributed by atoms with Crippen LogP contribution in [0.2, 0.25) is 0 Å². The summed E-state index contributed by atoms with van der Waals surface area (Å²) in [5.41, 5.74) is -0.208. The molecule has 9 heteroatoms. The maximum absolute atomic E-state index is 10.7. The van der Waals surface area contributed by atoms with Crippen LogP contribution in [0.4, 0.5) is 13.2 Å². The molecule has 0 radical (unpaired) electrons. The molecule has 0 saturated heterocycles. The average Bonchev–Trinajstić information content (AvgIpc) is 1.60. The maximum atomic E-state index is 10.7. The number of alkyl halides is 4. The lowest BCUT2D eigenvalue weighted by atomic mass is 11.6. The Balaban J connectivity index is 0. The zero-order chi connectivity index (χ0) is 9.71. The van der Waals surface area contributed by atoms with E-state index in [9.17, 15) is 13.2 Å². The van der Waals surface area contributed by atoms with Crippen molar-refractivity contribution in [1.82, 2.24) is 0 Å². The molecule has 0 atom stereocenters. The predicted molar refractivity (Wildman–Crippen MR) is 35.6 cm³/mol. The Labute approximate surface area is 69.4 Å². The molecule has 0 aromatic heterocycles. The van der Waals surface area contributed by atoms with Gasteiger partial charge in [0.15, 0.2) is 0 Å². The zero-order valence-electron chi connectivity index (χ0n) is 4.97. The van der Waals surface area contributed by atoms with Gasteiger partial charge in [-0.1, -0.05) is 15.9 Å². The van der Waals surface area contributed by atoms with E-state index in [1.807, 2.05) is 0 Å². The van der Waals surface area contributed by atoms with E-state index in [4.69, 9.17) is 18.7 Å². The Bertz CT molecular complexity index is 187. The lowest BCUT2D eigenvalue weighted by Crippen LogP contribution is -2.21. The number of halogens is 4. The summed E-state index contributed by atoms with van der Waals surface area (Å²) in [6, 6.07) is 0. The fourth-order valence-electron chi connectivity index (χ4n) is 0. The van der Waals surface area contributed by atoms with Crippen molar-refractivity contribution in [3.63, 3.8) is 0 Å². The summed E-state index contributed by atoms with van der Waals surface area (Å²) >= 11 is 2.92. The highest BCUT2D eigenvalue weighted by atomic mass is 79.9. The first-order chi connectivity index (χ1) is 4.66. The fraction of sp³-hybridized carbons (Fsp3) is 1.00. The van der Waals surface area contributed by atoms with Gasteiger partial charge in [0.05, 0.1) is 0 Å². The van der Waals surface area contributed by atoms with Crippen LogP contribution in [0.15, 0.2) is 0 Å². The van der Waals surface area contributed by atoms with Gasteiger partial charge in [0.25, 0.3) is 0 Å². The summed E-state index contributed by atoms with van der Waals surface area (Å²) in [6.45, 7) is 0. The minimum atomic E-state index is -5.84. The standard InChI is InChI=1S/CH4BrN.CHF3O3S/c2-1-3;2-1(3,4)8(5,6)7/h1,3H2;(H,5,6,7). The zero-order valence-corrected chi connectivity index (χ0v) is 7.37. The van der Waals surface area contributed by atoms with Crippen molar-refractivity contribution in [1.29, 1.82) is 0 Å². The Hall–Kier alpha value is 0.140. The number of rotatable bonds is 0. The summed E-state index contributed by atoms with van der Waals surface area (Å²) < 4.78 is 57.5. The molecular formula is C2H5BrF3NO3S. The van der Waals surface area contributed by atoms with Crippen molar-refractivity contribution in [2.45, 2.75) is 5.51 Å². The molecule has 70 valence electrons. The minimum absolute atomic E-state index is 0.562. The summed E-state index contributed by atoms with van der Waals surface area (Å²) in [7, 11) is -5.84. The van der Waals surface area contributed by atoms with Gasteiger partial charge >= 0.3 is 15.6 Å². The van der Waals surface area contributed by atoms with Gasteiger partial charge in [-0.15, -0.1) is 0 Å². The monoisotopic (exact) mass is 259 g/mol. The number of nitrogens with two attached hydrogens (primary N) is 1. The van der Waals surface area contributed by atoms with Crippen molar-refractivity contribution < 1.29 is 26.1 Å². The summed E-state index contributed by atoms with van der Waals surface area (Å²) in [5, 5.41) is 0. The smallest absolute Gasteiger partial charge is 0.321 e. The minimum Gasteiger partial charge on any atom is -0.321 e. The number of hydrogen-bond donors (Lipinski definition) is 2. The number of hydrogen-bond acceptors (Lipinski definition) is 3. The van der Waals surface area contributed by atoms with Crippen molar-refractivity contribution in [3.05, 3.63) is 0 Å². The van der Waals surface area contributed by atoms with Gasteiger partial charge in [0.2, 0.25) is 0 Å². The normalized spacial score (nSPS) is 11.8. The molecule has 0 aliphatic heterocycles. The first-order valence-corrected chi connectivity index (χ1v) is 4.52. The van der Waals surface area contributed by atoms with E-state index in [1.165, 1.54) is 0 Å². The molecule has 4 nitrogen and oxygen atoms in total. The molecule has 0 aliphatic rings. The molecule has 0 fully saturated rings. The van der Waals surface area contributed by atoms with E-state index in [-0.39, 0.29) is 0 Å². The third-order valence-electron chi connectivity index (χ3n) is 0.292. The second kappa shape index (κ2) is 4.91. The van der Waals surface area contributed by atoms with Crippen LogP contribution in [0.25, 0.3) is 0 Å². The molecule has 0 unspecified atom stereocenters. The average molecular weight is 260 g/mol. The molecule has 3 N–H and O–H groups in total. The SMILES string of the molecule is NCBr.O=S(=O)(O)C(F)(F)F. The van der Waals surface area contributed by atoms with E-state index in [0.29, 0.717) is 5.45 Å². The van der Waals surface area contributed by atoms with Crippen LogP contribution >= 0.6 is 15.9 Å². The van der Waals surface area contributed by atoms with Gasteiger partial charge in [-0.25, -0.2) is 0 Å². The first kappa shape index (κ1) is 13.7. The van der Waals surface area contributed by atoms with Crippen molar-refractivity contribution in [3.8, 4) is 0 Å². The summed E-state index contributed by atoms with van der Waals surface area (Å²) in [6.07, 6.45) is 0. The molecular weight excluding hydrogens is 255 g/mol. The van der Waals surface area contributed by atoms with Crippen molar-refractivity contribution >= 4 is 26.0 Å². The largest absolute Gasteiger partial charge is 0.522 e. The fourth-order valence-corrected chi connectivity index (χ4v) is 0. The van der Waals surface area contributed by atoms with Gasteiger partial charge in [-0.2, -0.15) is 21.6 Å². The maximum Gasteiger partial charge on any atom is 0.522 e. The van der Waals surface area contributed by atoms with Crippen LogP contribution in [0.3, 0.4) is 0 Å². The lowest BCUT2D eigenvalue weighted by molar-refractivity contribution is -0.0510. The van der Waals surface area contributed by atoms with Crippen LogP contribution in [-0.4, -0.2) is 23.9 Å². The van der Waals surface area contributed by atoms with Gasteiger partial charge in [-0.3, -0.25) is 4.55 Å².